The molecule has 0 aliphatic carbocycles. The van der Waals surface area contributed by atoms with Crippen LogP contribution in [0.2, 0.25) is 5.02 Å². The first-order chi connectivity index (χ1) is 12.7. The van der Waals surface area contributed by atoms with Crippen molar-refractivity contribution in [1.82, 2.24) is 20.1 Å². The maximum Gasteiger partial charge on any atom is 0.231 e. The first-order valence-electron chi connectivity index (χ1n) is 7.79. The summed E-state index contributed by atoms with van der Waals surface area (Å²) in [5, 5.41) is 12.5. The predicted octanol–water partition coefficient (Wildman–Crippen LogP) is 3.43. The van der Waals surface area contributed by atoms with E-state index in [2.05, 4.69) is 21.4 Å². The molecule has 5 nitrogen and oxygen atoms in total. The van der Waals surface area contributed by atoms with Gasteiger partial charge in [0.1, 0.15) is 0 Å². The zero-order chi connectivity index (χ0) is 18.4. The molecule has 0 aliphatic rings. The van der Waals surface area contributed by atoms with Gasteiger partial charge in [-0.15, -0.1) is 16.6 Å². The van der Waals surface area contributed by atoms with Crippen molar-refractivity contribution in [2.75, 3.05) is 12.3 Å². The van der Waals surface area contributed by atoms with Crippen molar-refractivity contribution in [1.29, 1.82) is 0 Å². The summed E-state index contributed by atoms with van der Waals surface area (Å²) in [5.41, 5.74) is 1.79. The Hall–Kier alpha value is -2.75. The lowest BCUT2D eigenvalue weighted by molar-refractivity contribution is -0.118. The molecule has 3 rings (SSSR count). The molecule has 0 unspecified atom stereocenters. The van der Waals surface area contributed by atoms with E-state index in [4.69, 9.17) is 18.0 Å². The predicted molar refractivity (Wildman–Crippen MR) is 104 cm³/mol. The zero-order valence-corrected chi connectivity index (χ0v) is 15.3. The lowest BCUT2D eigenvalue weighted by Gasteiger charge is -2.10. The largest absolute Gasteiger partial charge is 0.344 e. The molecule has 2 aromatic carbocycles. The highest BCUT2D eigenvalue weighted by molar-refractivity contribution is 7.99. The van der Waals surface area contributed by atoms with Crippen LogP contribution in [0.3, 0.4) is 0 Å². The summed E-state index contributed by atoms with van der Waals surface area (Å²) in [6, 6.07) is 17.1. The van der Waals surface area contributed by atoms with E-state index in [1.54, 1.807) is 12.1 Å². The number of benzene rings is 2. The van der Waals surface area contributed by atoms with E-state index < -0.39 is 0 Å². The Labute approximate surface area is 160 Å². The number of nitrogens with zero attached hydrogens (tertiary/aromatic N) is 3. The Morgan fingerprint density at radius 1 is 1.15 bits per heavy atom. The van der Waals surface area contributed by atoms with E-state index in [1.807, 2.05) is 47.0 Å². The molecular weight excluding hydrogens is 368 g/mol. The summed E-state index contributed by atoms with van der Waals surface area (Å²) >= 11 is 7.28. The zero-order valence-electron chi connectivity index (χ0n) is 13.7. The molecule has 0 spiro atoms. The first-order valence-corrected chi connectivity index (χ1v) is 9.15. The first kappa shape index (κ1) is 18.1. The second-order valence-corrected chi connectivity index (χ2v) is 6.63. The average molecular weight is 383 g/mol. The SMILES string of the molecule is C#CCNC(=O)CSc1nnc(-c2ccc(Cl)cc2)n1-c1ccccc1. The molecule has 3 aromatic rings. The van der Waals surface area contributed by atoms with Crippen LogP contribution in [0.25, 0.3) is 17.1 Å². The fourth-order valence-corrected chi connectivity index (χ4v) is 3.20. The lowest BCUT2D eigenvalue weighted by atomic mass is 10.2. The Balaban J connectivity index is 1.94. The van der Waals surface area contributed by atoms with Crippen molar-refractivity contribution in [3.63, 3.8) is 0 Å². The van der Waals surface area contributed by atoms with Crippen LogP contribution in [0, 0.1) is 12.3 Å². The number of amides is 1. The smallest absolute Gasteiger partial charge is 0.231 e. The van der Waals surface area contributed by atoms with Crippen LogP contribution in [0.4, 0.5) is 0 Å². The number of hydrogen-bond acceptors (Lipinski definition) is 4. The Bertz CT molecular complexity index is 932. The van der Waals surface area contributed by atoms with Crippen molar-refractivity contribution < 1.29 is 4.79 Å². The number of nitrogens with one attached hydrogen (secondary N) is 1. The number of carbonyl (C=O) groups excluding carboxylic acids is 1. The summed E-state index contributed by atoms with van der Waals surface area (Å²) in [6.45, 7) is 0.209. The normalized spacial score (nSPS) is 10.3. The van der Waals surface area contributed by atoms with Crippen molar-refractivity contribution in [3.8, 4) is 29.4 Å². The van der Waals surface area contributed by atoms with Gasteiger partial charge >= 0.3 is 0 Å². The van der Waals surface area contributed by atoms with Gasteiger partial charge in [-0.1, -0.05) is 47.5 Å². The number of hydrogen-bond donors (Lipinski definition) is 1. The highest BCUT2D eigenvalue weighted by Crippen LogP contribution is 2.28. The van der Waals surface area contributed by atoms with E-state index in [0.29, 0.717) is 16.0 Å². The van der Waals surface area contributed by atoms with Gasteiger partial charge in [0.15, 0.2) is 11.0 Å². The van der Waals surface area contributed by atoms with Crippen LogP contribution in [-0.2, 0) is 4.79 Å². The fourth-order valence-electron chi connectivity index (χ4n) is 2.29. The van der Waals surface area contributed by atoms with E-state index in [0.717, 1.165) is 11.3 Å². The standard InChI is InChI=1S/C19H15ClN4OS/c1-2-12-21-17(25)13-26-19-23-22-18(14-8-10-15(20)11-9-14)24(19)16-6-4-3-5-7-16/h1,3-11H,12-13H2,(H,21,25). The minimum Gasteiger partial charge on any atom is -0.344 e. The van der Waals surface area contributed by atoms with Gasteiger partial charge in [0.25, 0.3) is 0 Å². The molecule has 0 aliphatic heterocycles. The number of thioether (sulfide) groups is 1. The molecular formula is C19H15ClN4OS. The summed E-state index contributed by atoms with van der Waals surface area (Å²) in [4.78, 5) is 11.8. The second kappa shape index (κ2) is 8.56. The van der Waals surface area contributed by atoms with Crippen molar-refractivity contribution in [3.05, 3.63) is 59.6 Å². The van der Waals surface area contributed by atoms with Crippen molar-refractivity contribution in [2.24, 2.45) is 0 Å². The van der Waals surface area contributed by atoms with Crippen molar-refractivity contribution >= 4 is 29.3 Å². The van der Waals surface area contributed by atoms with Crippen LogP contribution >= 0.6 is 23.4 Å². The van der Waals surface area contributed by atoms with Crippen LogP contribution in [0.1, 0.15) is 0 Å². The molecule has 1 heterocycles. The molecule has 1 amide bonds. The van der Waals surface area contributed by atoms with E-state index in [-0.39, 0.29) is 18.2 Å². The van der Waals surface area contributed by atoms with Crippen LogP contribution in [0.5, 0.6) is 0 Å². The van der Waals surface area contributed by atoms with Crippen LogP contribution in [0.15, 0.2) is 59.8 Å². The van der Waals surface area contributed by atoms with Crippen LogP contribution in [-0.4, -0.2) is 33.0 Å². The molecule has 0 saturated heterocycles. The van der Waals surface area contributed by atoms with Crippen LogP contribution < -0.4 is 5.32 Å². The Morgan fingerprint density at radius 3 is 2.58 bits per heavy atom. The third kappa shape index (κ3) is 4.26. The van der Waals surface area contributed by atoms with Gasteiger partial charge in [-0.05, 0) is 36.4 Å². The highest BCUT2D eigenvalue weighted by Gasteiger charge is 2.17. The van der Waals surface area contributed by atoms with Gasteiger partial charge in [0.05, 0.1) is 12.3 Å². The molecule has 1 N–H and O–H groups in total. The monoisotopic (exact) mass is 382 g/mol. The topological polar surface area (TPSA) is 59.8 Å². The molecule has 0 saturated carbocycles. The van der Waals surface area contributed by atoms with Gasteiger partial charge in [0.2, 0.25) is 5.91 Å². The molecule has 26 heavy (non-hydrogen) atoms. The molecule has 0 fully saturated rings. The van der Waals surface area contributed by atoms with E-state index in [1.165, 1.54) is 11.8 Å². The maximum absolute atomic E-state index is 11.8. The minimum absolute atomic E-state index is 0.149. The molecule has 0 bridgehead atoms. The molecule has 1 aromatic heterocycles. The lowest BCUT2D eigenvalue weighted by Crippen LogP contribution is -2.25. The van der Waals surface area contributed by atoms with E-state index in [9.17, 15) is 4.79 Å². The Kier molecular flexibility index (Phi) is 5.95. The fraction of sp³-hybridized carbons (Fsp3) is 0.105. The summed E-state index contributed by atoms with van der Waals surface area (Å²) < 4.78 is 1.92. The summed E-state index contributed by atoms with van der Waals surface area (Å²) in [7, 11) is 0. The van der Waals surface area contributed by atoms with Gasteiger partial charge < -0.3 is 5.32 Å². The number of para-hydroxylation sites is 1. The maximum atomic E-state index is 11.8. The number of halogens is 1. The number of terminal acetylenes is 1. The van der Waals surface area contributed by atoms with Crippen molar-refractivity contribution in [2.45, 2.75) is 5.16 Å². The molecule has 0 atom stereocenters. The summed E-state index contributed by atoms with van der Waals surface area (Å²) in [5.74, 6) is 3.11. The molecule has 130 valence electrons. The molecule has 0 radical (unpaired) electrons. The Morgan fingerprint density at radius 2 is 1.88 bits per heavy atom. The highest BCUT2D eigenvalue weighted by atomic mass is 35.5. The second-order valence-electron chi connectivity index (χ2n) is 5.25. The minimum atomic E-state index is -0.149. The summed E-state index contributed by atoms with van der Waals surface area (Å²) in [6.07, 6.45) is 5.16. The quantitative estimate of drug-likeness (QED) is 0.524. The van der Waals surface area contributed by atoms with Gasteiger partial charge in [0, 0.05) is 16.3 Å². The average Bonchev–Trinajstić information content (AvgIpc) is 3.10. The number of rotatable bonds is 6. The third-order valence-corrected chi connectivity index (χ3v) is 4.65. The molecule has 7 heteroatoms. The van der Waals surface area contributed by atoms with E-state index >= 15 is 0 Å². The van der Waals surface area contributed by atoms with Gasteiger partial charge in [-0.3, -0.25) is 9.36 Å². The number of aromatic nitrogens is 3. The van der Waals surface area contributed by atoms with Gasteiger partial charge in [-0.2, -0.15) is 0 Å². The number of carbonyl (C=O) groups is 1. The third-order valence-electron chi connectivity index (χ3n) is 3.47. The van der Waals surface area contributed by atoms with Gasteiger partial charge in [-0.25, -0.2) is 0 Å².